The molecule has 1 saturated carbocycles. The van der Waals surface area contributed by atoms with E-state index in [1.165, 1.54) is 6.92 Å². The van der Waals surface area contributed by atoms with E-state index in [0.29, 0.717) is 12.8 Å². The zero-order valence-corrected chi connectivity index (χ0v) is 15.1. The van der Waals surface area contributed by atoms with Gasteiger partial charge in [-0.25, -0.2) is 4.79 Å². The lowest BCUT2D eigenvalue weighted by Gasteiger charge is -2.32. The highest BCUT2D eigenvalue weighted by atomic mass is 19.4. The number of alkyl carbamates (subject to hydrolysis) is 1. The zero-order valence-electron chi connectivity index (χ0n) is 15.1. The Morgan fingerprint density at radius 3 is 2.20 bits per heavy atom. The van der Waals surface area contributed by atoms with Crippen LogP contribution in [0.25, 0.3) is 0 Å². The molecule has 1 unspecified atom stereocenters. The van der Waals surface area contributed by atoms with Gasteiger partial charge in [0.05, 0.1) is 5.54 Å². The molecule has 0 heterocycles. The highest BCUT2D eigenvalue weighted by molar-refractivity contribution is 5.81. The van der Waals surface area contributed by atoms with Crippen LogP contribution >= 0.6 is 0 Å². The third-order valence-electron chi connectivity index (χ3n) is 3.79. The maximum absolute atomic E-state index is 12.2. The van der Waals surface area contributed by atoms with Crippen molar-refractivity contribution in [3.63, 3.8) is 0 Å². The second-order valence-corrected chi connectivity index (χ2v) is 7.40. The van der Waals surface area contributed by atoms with Gasteiger partial charge >= 0.3 is 12.3 Å². The van der Waals surface area contributed by atoms with Crippen molar-refractivity contribution in [2.24, 2.45) is 0 Å². The number of nitrogens with one attached hydrogen (secondary N) is 2. The average molecular weight is 368 g/mol. The summed E-state index contributed by atoms with van der Waals surface area (Å²) in [5.74, 6) is -0.628. The molecule has 2 amide bonds. The van der Waals surface area contributed by atoms with Crippen LogP contribution in [0.4, 0.5) is 18.0 Å². The molecular formula is C16H27F3N2O4. The van der Waals surface area contributed by atoms with E-state index in [1.807, 2.05) is 0 Å². The number of hydrogen-bond acceptors (Lipinski definition) is 4. The molecule has 0 aromatic carbocycles. The number of alkyl halides is 3. The Bertz CT molecular complexity index is 469. The Hall–Kier alpha value is -1.51. The van der Waals surface area contributed by atoms with E-state index < -0.39 is 42.0 Å². The topological polar surface area (TPSA) is 76.7 Å². The predicted molar refractivity (Wildman–Crippen MR) is 85.0 cm³/mol. The highest BCUT2D eigenvalue weighted by Crippen LogP contribution is 2.29. The second kappa shape index (κ2) is 8.25. The van der Waals surface area contributed by atoms with Crippen molar-refractivity contribution >= 4 is 12.0 Å². The minimum Gasteiger partial charge on any atom is -0.444 e. The summed E-state index contributed by atoms with van der Waals surface area (Å²) in [7, 11) is 0. The summed E-state index contributed by atoms with van der Waals surface area (Å²) in [6.07, 6.45) is -3.36. The summed E-state index contributed by atoms with van der Waals surface area (Å²) in [5.41, 5.74) is -1.33. The standard InChI is InChI=1S/C16H27F3N2O4/c1-11(24-10-16(17,18)19)12(22)21-15(7-5-6-8-15)9-20-13(23)25-14(2,3)4/h11H,5-10H2,1-4H3,(H,20,23)(H,21,22). The van der Waals surface area contributed by atoms with Crippen LogP contribution in [-0.4, -0.2) is 48.6 Å². The van der Waals surface area contributed by atoms with Gasteiger partial charge in [0.15, 0.2) is 0 Å². The first-order chi connectivity index (χ1) is 11.3. The Morgan fingerprint density at radius 2 is 1.72 bits per heavy atom. The zero-order chi connectivity index (χ0) is 19.3. The molecular weight excluding hydrogens is 341 g/mol. The number of amides is 2. The largest absolute Gasteiger partial charge is 0.444 e. The smallest absolute Gasteiger partial charge is 0.411 e. The third-order valence-corrected chi connectivity index (χ3v) is 3.79. The Kier molecular flexibility index (Phi) is 7.10. The molecule has 2 N–H and O–H groups in total. The van der Waals surface area contributed by atoms with E-state index in [-0.39, 0.29) is 6.54 Å². The fourth-order valence-electron chi connectivity index (χ4n) is 2.61. The molecule has 1 atom stereocenters. The molecule has 0 spiro atoms. The summed E-state index contributed by atoms with van der Waals surface area (Å²) in [6, 6.07) is 0. The molecule has 6 nitrogen and oxygen atoms in total. The van der Waals surface area contributed by atoms with E-state index in [2.05, 4.69) is 15.4 Å². The van der Waals surface area contributed by atoms with Crippen LogP contribution in [-0.2, 0) is 14.3 Å². The van der Waals surface area contributed by atoms with Crippen LogP contribution in [0.3, 0.4) is 0 Å². The van der Waals surface area contributed by atoms with Gasteiger partial charge in [0.25, 0.3) is 0 Å². The van der Waals surface area contributed by atoms with Gasteiger partial charge in [-0.3, -0.25) is 4.79 Å². The maximum atomic E-state index is 12.2. The molecule has 1 aliphatic rings. The first kappa shape index (κ1) is 21.5. The SMILES string of the molecule is CC(OCC(F)(F)F)C(=O)NC1(CNC(=O)OC(C)(C)C)CCCC1. The van der Waals surface area contributed by atoms with E-state index in [9.17, 15) is 22.8 Å². The molecule has 0 bridgehead atoms. The Balaban J connectivity index is 2.57. The quantitative estimate of drug-likeness (QED) is 0.756. The first-order valence-corrected chi connectivity index (χ1v) is 8.29. The van der Waals surface area contributed by atoms with Gasteiger partial charge in [-0.15, -0.1) is 0 Å². The van der Waals surface area contributed by atoms with Gasteiger partial charge in [0.2, 0.25) is 5.91 Å². The van der Waals surface area contributed by atoms with Crippen molar-refractivity contribution in [3.05, 3.63) is 0 Å². The molecule has 0 radical (unpaired) electrons. The molecule has 9 heteroatoms. The van der Waals surface area contributed by atoms with Crippen LogP contribution in [0.1, 0.15) is 53.4 Å². The number of ether oxygens (including phenoxy) is 2. The summed E-state index contributed by atoms with van der Waals surface area (Å²) in [5, 5.41) is 5.37. The summed E-state index contributed by atoms with van der Waals surface area (Å²) in [4.78, 5) is 23.9. The Morgan fingerprint density at radius 1 is 1.16 bits per heavy atom. The number of carbonyl (C=O) groups is 2. The number of halogens is 3. The van der Waals surface area contributed by atoms with Crippen molar-refractivity contribution in [2.45, 2.75) is 76.8 Å². The minimum atomic E-state index is -4.49. The maximum Gasteiger partial charge on any atom is 0.411 e. The van der Waals surface area contributed by atoms with Gasteiger partial charge in [-0.2, -0.15) is 13.2 Å². The lowest BCUT2D eigenvalue weighted by atomic mass is 9.97. The van der Waals surface area contributed by atoms with Crippen molar-refractivity contribution in [3.8, 4) is 0 Å². The van der Waals surface area contributed by atoms with Gasteiger partial charge < -0.3 is 20.1 Å². The van der Waals surface area contributed by atoms with Crippen LogP contribution in [0.5, 0.6) is 0 Å². The van der Waals surface area contributed by atoms with Gasteiger partial charge in [0, 0.05) is 6.54 Å². The molecule has 1 aliphatic carbocycles. The number of hydrogen-bond donors (Lipinski definition) is 2. The fraction of sp³-hybridized carbons (Fsp3) is 0.875. The Labute approximate surface area is 145 Å². The molecule has 146 valence electrons. The highest BCUT2D eigenvalue weighted by Gasteiger charge is 2.38. The second-order valence-electron chi connectivity index (χ2n) is 7.40. The average Bonchev–Trinajstić information content (AvgIpc) is 2.89. The fourth-order valence-corrected chi connectivity index (χ4v) is 2.61. The van der Waals surface area contributed by atoms with Crippen molar-refractivity contribution in [2.75, 3.05) is 13.2 Å². The van der Waals surface area contributed by atoms with Crippen LogP contribution < -0.4 is 10.6 Å². The normalized spacial score (nSPS) is 18.5. The third kappa shape index (κ3) is 8.42. The van der Waals surface area contributed by atoms with Gasteiger partial charge in [0.1, 0.15) is 18.3 Å². The number of rotatable bonds is 6. The predicted octanol–water partition coefficient (Wildman–Crippen LogP) is 2.91. The molecule has 1 fully saturated rings. The molecule has 0 aromatic rings. The van der Waals surface area contributed by atoms with Crippen molar-refractivity contribution < 1.29 is 32.2 Å². The molecule has 0 aliphatic heterocycles. The van der Waals surface area contributed by atoms with Gasteiger partial charge in [-0.1, -0.05) is 12.8 Å². The van der Waals surface area contributed by atoms with E-state index >= 15 is 0 Å². The van der Waals surface area contributed by atoms with Crippen LogP contribution in [0.2, 0.25) is 0 Å². The van der Waals surface area contributed by atoms with Crippen LogP contribution in [0.15, 0.2) is 0 Å². The molecule has 1 rings (SSSR count). The van der Waals surface area contributed by atoms with E-state index in [4.69, 9.17) is 4.74 Å². The molecule has 25 heavy (non-hydrogen) atoms. The summed E-state index contributed by atoms with van der Waals surface area (Å²) < 4.78 is 46.3. The monoisotopic (exact) mass is 368 g/mol. The summed E-state index contributed by atoms with van der Waals surface area (Å²) in [6.45, 7) is 5.15. The van der Waals surface area contributed by atoms with Crippen molar-refractivity contribution in [1.29, 1.82) is 0 Å². The van der Waals surface area contributed by atoms with E-state index in [1.54, 1.807) is 20.8 Å². The lowest BCUT2D eigenvalue weighted by Crippen LogP contribution is -2.56. The number of carbonyl (C=O) groups excluding carboxylic acids is 2. The molecule has 0 saturated heterocycles. The van der Waals surface area contributed by atoms with Crippen molar-refractivity contribution in [1.82, 2.24) is 10.6 Å². The first-order valence-electron chi connectivity index (χ1n) is 8.29. The minimum absolute atomic E-state index is 0.152. The van der Waals surface area contributed by atoms with Crippen LogP contribution in [0, 0.1) is 0 Å². The lowest BCUT2D eigenvalue weighted by molar-refractivity contribution is -0.186. The van der Waals surface area contributed by atoms with E-state index in [0.717, 1.165) is 12.8 Å². The van der Waals surface area contributed by atoms with Gasteiger partial charge in [-0.05, 0) is 40.5 Å². The summed E-state index contributed by atoms with van der Waals surface area (Å²) >= 11 is 0. The molecule has 0 aromatic heterocycles.